The van der Waals surface area contributed by atoms with Gasteiger partial charge in [-0.1, -0.05) is 31.2 Å². The smallest absolute Gasteiger partial charge is 0.242 e. The summed E-state index contributed by atoms with van der Waals surface area (Å²) in [5.74, 6) is 0.599. The zero-order chi connectivity index (χ0) is 18.0. The third kappa shape index (κ3) is 8.56. The molecular formula is C19H32N4O. The topological polar surface area (TPSA) is 65.5 Å². The Hall–Kier alpha value is -2.04. The highest BCUT2D eigenvalue weighted by Gasteiger charge is 2.13. The molecule has 0 aliphatic rings. The first-order valence-corrected chi connectivity index (χ1v) is 8.75. The van der Waals surface area contributed by atoms with E-state index < -0.39 is 0 Å². The van der Waals surface area contributed by atoms with Crippen LogP contribution in [0, 0.1) is 0 Å². The molecule has 0 atom stereocenters. The maximum atomic E-state index is 11.8. The molecule has 1 amide bonds. The molecule has 3 N–H and O–H groups in total. The second kappa shape index (κ2) is 9.96. The first-order chi connectivity index (χ1) is 11.3. The molecule has 1 aromatic carbocycles. The number of aryl methyl sites for hydroxylation is 1. The van der Waals surface area contributed by atoms with Gasteiger partial charge in [0.05, 0.1) is 0 Å². The summed E-state index contributed by atoms with van der Waals surface area (Å²) in [4.78, 5) is 16.2. The minimum absolute atomic E-state index is 0.0742. The number of nitrogens with one attached hydrogen (secondary N) is 3. The number of nitrogens with zero attached hydrogens (tertiary/aromatic N) is 1. The van der Waals surface area contributed by atoms with Gasteiger partial charge in [0.25, 0.3) is 0 Å². The Morgan fingerprint density at radius 3 is 2.21 bits per heavy atom. The summed E-state index contributed by atoms with van der Waals surface area (Å²) in [6.45, 7) is 11.7. The second-order valence-electron chi connectivity index (χ2n) is 6.84. The van der Waals surface area contributed by atoms with Gasteiger partial charge in [0.1, 0.15) is 6.54 Å². The molecule has 1 aromatic rings. The van der Waals surface area contributed by atoms with Gasteiger partial charge in [-0.25, -0.2) is 4.99 Å². The van der Waals surface area contributed by atoms with E-state index in [1.807, 2.05) is 27.7 Å². The lowest BCUT2D eigenvalue weighted by Gasteiger charge is -2.20. The summed E-state index contributed by atoms with van der Waals surface area (Å²) in [6, 6.07) is 8.68. The molecule has 0 radical (unpaired) electrons. The lowest BCUT2D eigenvalue weighted by Crippen LogP contribution is -2.43. The molecule has 24 heavy (non-hydrogen) atoms. The van der Waals surface area contributed by atoms with Crippen molar-refractivity contribution in [2.75, 3.05) is 19.6 Å². The molecule has 0 aromatic heterocycles. The first-order valence-electron chi connectivity index (χ1n) is 8.75. The Morgan fingerprint density at radius 2 is 1.67 bits per heavy atom. The van der Waals surface area contributed by atoms with Gasteiger partial charge in [-0.15, -0.1) is 0 Å². The highest BCUT2D eigenvalue weighted by molar-refractivity contribution is 5.85. The number of aliphatic imine (C=N–C) groups is 1. The van der Waals surface area contributed by atoms with Crippen LogP contribution in [-0.2, 0) is 17.6 Å². The fourth-order valence-corrected chi connectivity index (χ4v) is 2.22. The van der Waals surface area contributed by atoms with Gasteiger partial charge in [-0.3, -0.25) is 4.79 Å². The number of hydrogen-bond donors (Lipinski definition) is 3. The third-order valence-corrected chi connectivity index (χ3v) is 3.38. The summed E-state index contributed by atoms with van der Waals surface area (Å²) in [5, 5.41) is 9.35. The molecule has 5 nitrogen and oxygen atoms in total. The van der Waals surface area contributed by atoms with Gasteiger partial charge >= 0.3 is 0 Å². The Kier molecular flexibility index (Phi) is 8.30. The molecule has 5 heteroatoms. The SMILES string of the molecule is CCNC(=NCC(=O)NC(C)(C)C)NCCc1ccc(CC)cc1. The highest BCUT2D eigenvalue weighted by Crippen LogP contribution is 2.05. The molecule has 0 saturated heterocycles. The molecular weight excluding hydrogens is 300 g/mol. The Morgan fingerprint density at radius 1 is 1.04 bits per heavy atom. The predicted octanol–water partition coefficient (Wildman–Crippen LogP) is 2.26. The van der Waals surface area contributed by atoms with Crippen molar-refractivity contribution in [3.8, 4) is 0 Å². The van der Waals surface area contributed by atoms with Gasteiger partial charge in [-0.05, 0) is 51.7 Å². The molecule has 0 saturated carbocycles. The normalized spacial score (nSPS) is 12.0. The van der Waals surface area contributed by atoms with Crippen molar-refractivity contribution < 1.29 is 4.79 Å². The number of hydrogen-bond acceptors (Lipinski definition) is 2. The molecule has 134 valence electrons. The lowest BCUT2D eigenvalue weighted by molar-refractivity contribution is -0.121. The van der Waals surface area contributed by atoms with E-state index in [0.717, 1.165) is 25.9 Å². The zero-order valence-electron chi connectivity index (χ0n) is 15.7. The summed E-state index contributed by atoms with van der Waals surface area (Å²) < 4.78 is 0. The molecule has 0 spiro atoms. The van der Waals surface area contributed by atoms with E-state index in [9.17, 15) is 4.79 Å². The predicted molar refractivity (Wildman–Crippen MR) is 101 cm³/mol. The molecule has 0 bridgehead atoms. The molecule has 0 unspecified atom stereocenters. The number of carbonyl (C=O) groups excluding carboxylic acids is 1. The van der Waals surface area contributed by atoms with Crippen LogP contribution in [0.4, 0.5) is 0 Å². The number of benzene rings is 1. The maximum Gasteiger partial charge on any atom is 0.242 e. The minimum atomic E-state index is -0.233. The van der Waals surface area contributed by atoms with Crippen molar-refractivity contribution in [2.45, 2.75) is 53.0 Å². The summed E-state index contributed by atoms with van der Waals surface area (Å²) in [6.07, 6.45) is 1.98. The summed E-state index contributed by atoms with van der Waals surface area (Å²) >= 11 is 0. The zero-order valence-corrected chi connectivity index (χ0v) is 15.7. The molecule has 0 heterocycles. The highest BCUT2D eigenvalue weighted by atomic mass is 16.2. The Bertz CT molecular complexity index is 529. The Labute approximate surface area is 146 Å². The summed E-state index contributed by atoms with van der Waals surface area (Å²) in [5.41, 5.74) is 2.41. The first kappa shape index (κ1) is 20.0. The van der Waals surface area contributed by atoms with Crippen LogP contribution in [0.25, 0.3) is 0 Å². The van der Waals surface area contributed by atoms with Crippen LogP contribution in [-0.4, -0.2) is 37.0 Å². The number of carbonyl (C=O) groups is 1. The van der Waals surface area contributed by atoms with Crippen molar-refractivity contribution in [1.82, 2.24) is 16.0 Å². The largest absolute Gasteiger partial charge is 0.357 e. The average molecular weight is 332 g/mol. The van der Waals surface area contributed by atoms with Crippen LogP contribution in [0.15, 0.2) is 29.3 Å². The van der Waals surface area contributed by atoms with Gasteiger partial charge < -0.3 is 16.0 Å². The van der Waals surface area contributed by atoms with Crippen LogP contribution in [0.1, 0.15) is 45.7 Å². The van der Waals surface area contributed by atoms with Gasteiger partial charge in [0.2, 0.25) is 5.91 Å². The molecule has 0 aliphatic carbocycles. The average Bonchev–Trinajstić information content (AvgIpc) is 2.51. The number of rotatable bonds is 7. The van der Waals surface area contributed by atoms with Crippen molar-refractivity contribution in [3.63, 3.8) is 0 Å². The van der Waals surface area contributed by atoms with Crippen molar-refractivity contribution in [3.05, 3.63) is 35.4 Å². The van der Waals surface area contributed by atoms with Crippen LogP contribution in [0.2, 0.25) is 0 Å². The number of guanidine groups is 1. The second-order valence-corrected chi connectivity index (χ2v) is 6.84. The molecule has 1 rings (SSSR count). The molecule has 0 fully saturated rings. The van der Waals surface area contributed by atoms with Gasteiger partial charge in [0, 0.05) is 18.6 Å². The van der Waals surface area contributed by atoms with E-state index in [1.54, 1.807) is 0 Å². The fraction of sp³-hybridized carbons (Fsp3) is 0.579. The van der Waals surface area contributed by atoms with Crippen molar-refractivity contribution >= 4 is 11.9 Å². The van der Waals surface area contributed by atoms with E-state index in [-0.39, 0.29) is 18.0 Å². The van der Waals surface area contributed by atoms with E-state index in [2.05, 4.69) is 52.1 Å². The van der Waals surface area contributed by atoms with E-state index in [0.29, 0.717) is 5.96 Å². The third-order valence-electron chi connectivity index (χ3n) is 3.38. The van der Waals surface area contributed by atoms with Crippen LogP contribution < -0.4 is 16.0 Å². The van der Waals surface area contributed by atoms with E-state index in [1.165, 1.54) is 11.1 Å². The van der Waals surface area contributed by atoms with Crippen LogP contribution in [0.3, 0.4) is 0 Å². The van der Waals surface area contributed by atoms with Crippen LogP contribution in [0.5, 0.6) is 0 Å². The molecule has 0 aliphatic heterocycles. The minimum Gasteiger partial charge on any atom is -0.357 e. The van der Waals surface area contributed by atoms with E-state index in [4.69, 9.17) is 0 Å². The number of amides is 1. The van der Waals surface area contributed by atoms with Gasteiger partial charge in [0.15, 0.2) is 5.96 Å². The standard InChI is InChI=1S/C19H32N4O/c1-6-15-8-10-16(11-9-15)12-13-21-18(20-7-2)22-14-17(24)23-19(3,4)5/h8-11H,6-7,12-14H2,1-5H3,(H,23,24)(H2,20,21,22). The lowest BCUT2D eigenvalue weighted by atomic mass is 10.1. The Balaban J connectivity index is 2.46. The van der Waals surface area contributed by atoms with E-state index >= 15 is 0 Å². The van der Waals surface area contributed by atoms with Crippen molar-refractivity contribution in [2.24, 2.45) is 4.99 Å². The summed E-state index contributed by atoms with van der Waals surface area (Å²) in [7, 11) is 0. The maximum absolute atomic E-state index is 11.8. The fourth-order valence-electron chi connectivity index (χ4n) is 2.22. The monoisotopic (exact) mass is 332 g/mol. The van der Waals surface area contributed by atoms with Crippen LogP contribution >= 0.6 is 0 Å². The quantitative estimate of drug-likeness (QED) is 0.530. The van der Waals surface area contributed by atoms with Gasteiger partial charge in [-0.2, -0.15) is 0 Å². The van der Waals surface area contributed by atoms with Crippen molar-refractivity contribution in [1.29, 1.82) is 0 Å².